The van der Waals surface area contributed by atoms with E-state index in [9.17, 15) is 9.18 Å². The lowest BCUT2D eigenvalue weighted by atomic mass is 10.1. The van der Waals surface area contributed by atoms with Crippen molar-refractivity contribution < 1.29 is 13.9 Å². The molecule has 0 heterocycles. The lowest BCUT2D eigenvalue weighted by Gasteiger charge is -2.13. The van der Waals surface area contributed by atoms with Crippen LogP contribution in [0.3, 0.4) is 0 Å². The van der Waals surface area contributed by atoms with Gasteiger partial charge in [-0.2, -0.15) is 0 Å². The van der Waals surface area contributed by atoms with Gasteiger partial charge in [-0.1, -0.05) is 24.3 Å². The second kappa shape index (κ2) is 13.0. The van der Waals surface area contributed by atoms with Crippen molar-refractivity contribution in [1.82, 2.24) is 16.0 Å². The highest BCUT2D eigenvalue weighted by atomic mass is 127. The van der Waals surface area contributed by atoms with Crippen molar-refractivity contribution in [3.63, 3.8) is 0 Å². The number of ether oxygens (including phenoxy) is 1. The predicted octanol–water partition coefficient (Wildman–Crippen LogP) is 3.25. The first-order chi connectivity index (χ1) is 13.5. The van der Waals surface area contributed by atoms with Gasteiger partial charge in [0.2, 0.25) is 0 Å². The molecule has 0 aromatic heterocycles. The van der Waals surface area contributed by atoms with Gasteiger partial charge >= 0.3 is 0 Å². The van der Waals surface area contributed by atoms with Crippen LogP contribution in [0.4, 0.5) is 4.39 Å². The minimum Gasteiger partial charge on any atom is -0.496 e. The molecule has 2 rings (SSSR count). The minimum absolute atomic E-state index is 0. The lowest BCUT2D eigenvalue weighted by Crippen LogP contribution is -2.41. The van der Waals surface area contributed by atoms with E-state index in [2.05, 4.69) is 20.9 Å². The maximum atomic E-state index is 13.6. The minimum atomic E-state index is -0.532. The molecule has 8 heteroatoms. The van der Waals surface area contributed by atoms with Gasteiger partial charge in [0, 0.05) is 25.2 Å². The Hall–Kier alpha value is -2.36. The molecule has 3 N–H and O–H groups in total. The Morgan fingerprint density at radius 3 is 2.52 bits per heavy atom. The van der Waals surface area contributed by atoms with Gasteiger partial charge in [0.15, 0.2) is 5.96 Å². The van der Waals surface area contributed by atoms with Gasteiger partial charge in [0.1, 0.15) is 11.6 Å². The van der Waals surface area contributed by atoms with E-state index in [0.717, 1.165) is 16.9 Å². The summed E-state index contributed by atoms with van der Waals surface area (Å²) in [7, 11) is 1.64. The van der Waals surface area contributed by atoms with Crippen molar-refractivity contribution in [2.45, 2.75) is 20.4 Å². The van der Waals surface area contributed by atoms with Crippen LogP contribution < -0.4 is 20.7 Å². The van der Waals surface area contributed by atoms with Crippen LogP contribution in [0, 0.1) is 12.7 Å². The molecule has 0 aliphatic heterocycles. The lowest BCUT2D eigenvalue weighted by molar-refractivity contribution is 0.0950. The largest absolute Gasteiger partial charge is 0.496 e. The fourth-order valence-corrected chi connectivity index (χ4v) is 2.59. The number of amides is 1. The third-order valence-electron chi connectivity index (χ3n) is 4.02. The molecular weight excluding hydrogens is 486 g/mol. The van der Waals surface area contributed by atoms with Crippen molar-refractivity contribution in [2.24, 2.45) is 4.99 Å². The van der Waals surface area contributed by atoms with Gasteiger partial charge in [0.05, 0.1) is 19.2 Å². The van der Waals surface area contributed by atoms with Crippen molar-refractivity contribution in [3.05, 3.63) is 65.0 Å². The SMILES string of the molecule is CCNC(=NCc1ccc(C)cc1OC)NCCNC(=O)c1ccccc1F.I. The Balaban J connectivity index is 0.00000420. The number of hydrogen-bond donors (Lipinski definition) is 3. The summed E-state index contributed by atoms with van der Waals surface area (Å²) in [5.74, 6) is 0.461. The number of carbonyl (C=O) groups excluding carboxylic acids is 1. The molecule has 0 unspecified atom stereocenters. The molecule has 0 saturated carbocycles. The number of aliphatic imine (C=N–C) groups is 1. The fourth-order valence-electron chi connectivity index (χ4n) is 2.59. The number of benzene rings is 2. The summed E-state index contributed by atoms with van der Waals surface area (Å²) in [4.78, 5) is 16.6. The number of guanidine groups is 1. The van der Waals surface area contributed by atoms with Crippen LogP contribution in [0.15, 0.2) is 47.5 Å². The normalized spacial score (nSPS) is 10.7. The number of halogens is 2. The van der Waals surface area contributed by atoms with Crippen molar-refractivity contribution in [3.8, 4) is 5.75 Å². The highest BCUT2D eigenvalue weighted by Crippen LogP contribution is 2.20. The monoisotopic (exact) mass is 514 g/mol. The summed E-state index contributed by atoms with van der Waals surface area (Å²) in [6.07, 6.45) is 0. The quantitative estimate of drug-likeness (QED) is 0.219. The summed E-state index contributed by atoms with van der Waals surface area (Å²) in [5, 5.41) is 9.00. The Morgan fingerprint density at radius 1 is 1.10 bits per heavy atom. The molecular formula is C21H28FIN4O2. The highest BCUT2D eigenvalue weighted by Gasteiger charge is 2.09. The van der Waals surface area contributed by atoms with Gasteiger partial charge in [-0.15, -0.1) is 24.0 Å². The second-order valence-electron chi connectivity index (χ2n) is 6.17. The summed E-state index contributed by atoms with van der Waals surface area (Å²) in [6, 6.07) is 11.9. The predicted molar refractivity (Wildman–Crippen MR) is 125 cm³/mol. The number of rotatable bonds is 8. The Kier molecular flexibility index (Phi) is 11.0. The van der Waals surface area contributed by atoms with Crippen LogP contribution in [0.25, 0.3) is 0 Å². The molecule has 2 aromatic rings. The summed E-state index contributed by atoms with van der Waals surface area (Å²) < 4.78 is 19.0. The zero-order valence-electron chi connectivity index (χ0n) is 16.9. The van der Waals surface area contributed by atoms with E-state index < -0.39 is 11.7 Å². The number of aryl methyl sites for hydroxylation is 1. The van der Waals surface area contributed by atoms with Crippen LogP contribution in [-0.2, 0) is 6.54 Å². The summed E-state index contributed by atoms with van der Waals surface area (Å²) in [5.41, 5.74) is 2.15. The topological polar surface area (TPSA) is 74.8 Å². The Morgan fingerprint density at radius 2 is 1.83 bits per heavy atom. The number of methoxy groups -OCH3 is 1. The third kappa shape index (κ3) is 7.88. The highest BCUT2D eigenvalue weighted by molar-refractivity contribution is 14.0. The van der Waals surface area contributed by atoms with E-state index in [1.54, 1.807) is 19.2 Å². The molecule has 2 aromatic carbocycles. The van der Waals surface area contributed by atoms with E-state index in [1.165, 1.54) is 12.1 Å². The number of carbonyl (C=O) groups is 1. The van der Waals surface area contributed by atoms with E-state index in [4.69, 9.17) is 4.74 Å². The van der Waals surface area contributed by atoms with Gasteiger partial charge in [0.25, 0.3) is 5.91 Å². The van der Waals surface area contributed by atoms with Gasteiger partial charge in [-0.3, -0.25) is 4.79 Å². The number of hydrogen-bond acceptors (Lipinski definition) is 3. The fraction of sp³-hybridized carbons (Fsp3) is 0.333. The second-order valence-corrected chi connectivity index (χ2v) is 6.17. The molecule has 0 atom stereocenters. The molecule has 158 valence electrons. The average molecular weight is 514 g/mol. The Labute approximate surface area is 188 Å². The van der Waals surface area contributed by atoms with Crippen molar-refractivity contribution in [1.29, 1.82) is 0 Å². The van der Waals surface area contributed by atoms with E-state index >= 15 is 0 Å². The zero-order chi connectivity index (χ0) is 20.4. The number of nitrogens with one attached hydrogen (secondary N) is 3. The molecule has 0 fully saturated rings. The van der Waals surface area contributed by atoms with E-state index in [-0.39, 0.29) is 29.5 Å². The molecule has 29 heavy (non-hydrogen) atoms. The van der Waals surface area contributed by atoms with Crippen LogP contribution >= 0.6 is 24.0 Å². The Bertz CT molecular complexity index is 830. The molecule has 6 nitrogen and oxygen atoms in total. The van der Waals surface area contributed by atoms with Crippen LogP contribution in [0.1, 0.15) is 28.4 Å². The zero-order valence-corrected chi connectivity index (χ0v) is 19.3. The van der Waals surface area contributed by atoms with E-state index in [0.29, 0.717) is 32.1 Å². The molecule has 0 bridgehead atoms. The first-order valence-electron chi connectivity index (χ1n) is 9.23. The van der Waals surface area contributed by atoms with Crippen molar-refractivity contribution >= 4 is 35.8 Å². The number of nitrogens with zero attached hydrogens (tertiary/aromatic N) is 1. The molecule has 0 aliphatic carbocycles. The van der Waals surface area contributed by atoms with Crippen LogP contribution in [0.5, 0.6) is 5.75 Å². The molecule has 0 spiro atoms. The third-order valence-corrected chi connectivity index (χ3v) is 4.02. The van der Waals surface area contributed by atoms with E-state index in [1.807, 2.05) is 32.0 Å². The van der Waals surface area contributed by atoms with Gasteiger partial charge in [-0.05, 0) is 37.6 Å². The van der Waals surface area contributed by atoms with Crippen molar-refractivity contribution in [2.75, 3.05) is 26.7 Å². The maximum Gasteiger partial charge on any atom is 0.254 e. The van der Waals surface area contributed by atoms with Gasteiger partial charge in [-0.25, -0.2) is 9.38 Å². The van der Waals surface area contributed by atoms with Crippen LogP contribution in [0.2, 0.25) is 0 Å². The summed E-state index contributed by atoms with van der Waals surface area (Å²) in [6.45, 7) is 5.95. The first-order valence-corrected chi connectivity index (χ1v) is 9.23. The summed E-state index contributed by atoms with van der Waals surface area (Å²) >= 11 is 0. The smallest absolute Gasteiger partial charge is 0.254 e. The molecule has 1 amide bonds. The first kappa shape index (κ1) is 24.7. The molecule has 0 radical (unpaired) electrons. The molecule has 0 aliphatic rings. The molecule has 0 saturated heterocycles. The van der Waals surface area contributed by atoms with Gasteiger partial charge < -0.3 is 20.7 Å². The maximum absolute atomic E-state index is 13.6. The standard InChI is InChI=1S/C21H27FN4O2.HI/c1-4-23-21(26-14-16-10-9-15(2)13-19(16)28-3)25-12-11-24-20(27)17-7-5-6-8-18(17)22;/h5-10,13H,4,11-12,14H2,1-3H3,(H,24,27)(H2,23,25,26);1H. The average Bonchev–Trinajstić information content (AvgIpc) is 2.70. The van der Waals surface area contributed by atoms with Crippen LogP contribution in [-0.4, -0.2) is 38.6 Å².